The Morgan fingerprint density at radius 2 is 1.61 bits per heavy atom. The number of carbonyl (C=O) groups is 1. The normalized spacial score (nSPS) is 9.17. The molecule has 0 fully saturated rings. The predicted octanol–water partition coefficient (Wildman–Crippen LogP) is 1.22. The first-order valence-corrected chi connectivity index (χ1v) is 5.50. The van der Waals surface area contributed by atoms with E-state index in [1.807, 2.05) is 0 Å². The van der Waals surface area contributed by atoms with Gasteiger partial charge in [0, 0.05) is 0 Å². The summed E-state index contributed by atoms with van der Waals surface area (Å²) in [6.07, 6.45) is 0. The number of aromatic hydroxyl groups is 1. The van der Waals surface area contributed by atoms with Crippen LogP contribution in [-0.2, 0) is 12.6 Å². The molecule has 2 N–H and O–H groups in total. The van der Waals surface area contributed by atoms with Crippen LogP contribution in [0.2, 0.25) is 0 Å². The summed E-state index contributed by atoms with van der Waals surface area (Å²) in [5.74, 6) is -1.33. The molecule has 2 aromatic carbocycles. The van der Waals surface area contributed by atoms with Gasteiger partial charge in [-0.15, -0.1) is 0 Å². The summed E-state index contributed by atoms with van der Waals surface area (Å²) in [4.78, 5) is 11.2. The summed E-state index contributed by atoms with van der Waals surface area (Å²) in [6, 6.07) is 12.4. The van der Waals surface area contributed by atoms with E-state index in [1.165, 1.54) is 24.3 Å². The standard InChI is InChI=1S/C7H6O3.C6H6OS/c8-6-4-2-1-3-5(6)7(9)10;7-5-1-3-6(8)4-2-5/h1-4,8H,(H,9,10);1-4,7-8H. The second kappa shape index (κ2) is 6.56. The number of para-hydroxylation sites is 1. The van der Waals surface area contributed by atoms with Crippen LogP contribution >= 0.6 is 0 Å². The van der Waals surface area contributed by atoms with Gasteiger partial charge in [-0.2, -0.15) is 0 Å². The number of phenols is 1. The molecule has 0 spiro atoms. The molecule has 0 amide bonds. The fraction of sp³-hybridized carbons (Fsp3) is 0. The number of hydrogen-bond acceptors (Lipinski definition) is 3. The van der Waals surface area contributed by atoms with Crippen LogP contribution in [0.3, 0.4) is 0 Å². The maximum atomic E-state index is 10.7. The summed E-state index contributed by atoms with van der Waals surface area (Å²) < 4.78 is 0. The van der Waals surface area contributed by atoms with E-state index in [0.29, 0.717) is 5.75 Å². The van der Waals surface area contributed by atoms with Crippen molar-refractivity contribution in [1.29, 1.82) is 0 Å². The van der Waals surface area contributed by atoms with Gasteiger partial charge in [-0.3, -0.25) is 0 Å². The van der Waals surface area contributed by atoms with Crippen molar-refractivity contribution in [2.45, 2.75) is 4.90 Å². The molecule has 5 heteroatoms. The first-order chi connectivity index (χ1) is 8.50. The van der Waals surface area contributed by atoms with Gasteiger partial charge in [0.2, 0.25) is 0 Å². The smallest absolute Gasteiger partial charge is 0.335 e. The van der Waals surface area contributed by atoms with Crippen molar-refractivity contribution in [1.82, 2.24) is 0 Å². The van der Waals surface area contributed by atoms with E-state index in [0.717, 1.165) is 4.90 Å². The lowest BCUT2D eigenvalue weighted by Crippen LogP contribution is -2.02. The van der Waals surface area contributed by atoms with Gasteiger partial charge in [-0.1, -0.05) is 23.9 Å². The van der Waals surface area contributed by atoms with E-state index in [4.69, 9.17) is 10.2 Å². The maximum absolute atomic E-state index is 10.7. The molecule has 0 aliphatic carbocycles. The third-order valence-electron chi connectivity index (χ3n) is 1.98. The van der Waals surface area contributed by atoms with Crippen molar-refractivity contribution >= 4 is 18.6 Å². The van der Waals surface area contributed by atoms with Crippen LogP contribution in [0.1, 0.15) is 10.4 Å². The van der Waals surface area contributed by atoms with E-state index >= 15 is 0 Å². The zero-order valence-electron chi connectivity index (χ0n) is 9.33. The number of benzene rings is 2. The highest BCUT2D eigenvalue weighted by molar-refractivity contribution is 7.58. The molecule has 0 saturated heterocycles. The van der Waals surface area contributed by atoms with E-state index in [9.17, 15) is 9.90 Å². The lowest BCUT2D eigenvalue weighted by Gasteiger charge is -2.07. The van der Waals surface area contributed by atoms with Gasteiger partial charge >= 0.3 is 5.97 Å². The first kappa shape index (κ1) is 13.9. The molecule has 0 saturated carbocycles. The molecule has 0 atom stereocenters. The Labute approximate surface area is 110 Å². The van der Waals surface area contributed by atoms with Crippen molar-refractivity contribution in [3.63, 3.8) is 0 Å². The number of phenolic OH excluding ortho intramolecular Hbond substituents is 1. The van der Waals surface area contributed by atoms with Gasteiger partial charge in [0.15, 0.2) is 4.90 Å². The van der Waals surface area contributed by atoms with Crippen molar-refractivity contribution in [3.8, 4) is 11.5 Å². The highest BCUT2D eigenvalue weighted by Crippen LogP contribution is 2.11. The summed E-state index contributed by atoms with van der Waals surface area (Å²) >= 11 is 3.28. The molecule has 0 unspecified atom stereocenters. The van der Waals surface area contributed by atoms with Crippen LogP contribution < -0.4 is 5.11 Å². The van der Waals surface area contributed by atoms with Crippen LogP contribution in [0.5, 0.6) is 11.5 Å². The number of hydrogen-bond donors (Lipinski definition) is 2. The topological polar surface area (TPSA) is 80.6 Å². The Morgan fingerprint density at radius 1 is 1.06 bits per heavy atom. The lowest BCUT2D eigenvalue weighted by molar-refractivity contribution is -0.268. The Bertz CT molecular complexity index is 502. The molecular weight excluding hydrogens is 252 g/mol. The third kappa shape index (κ3) is 4.39. The quantitative estimate of drug-likeness (QED) is 0.759. The fourth-order valence-corrected chi connectivity index (χ4v) is 1.27. The highest BCUT2D eigenvalue weighted by Gasteiger charge is 1.99. The number of carboxylic acid groups (broad SMARTS) is 1. The molecule has 94 valence electrons. The van der Waals surface area contributed by atoms with Gasteiger partial charge in [0.25, 0.3) is 0 Å². The molecule has 0 aliphatic rings. The number of aromatic carboxylic acids is 1. The zero-order chi connectivity index (χ0) is 13.5. The second-order valence-electron chi connectivity index (χ2n) is 3.35. The van der Waals surface area contributed by atoms with Gasteiger partial charge in [-0.25, -0.2) is 4.79 Å². The van der Waals surface area contributed by atoms with Gasteiger partial charge in [0.1, 0.15) is 5.75 Å². The van der Waals surface area contributed by atoms with E-state index in [2.05, 4.69) is 12.6 Å². The molecule has 0 radical (unpaired) electrons. The van der Waals surface area contributed by atoms with Crippen molar-refractivity contribution in [2.24, 2.45) is 0 Å². The minimum absolute atomic E-state index is 0.178. The van der Waals surface area contributed by atoms with Gasteiger partial charge < -0.3 is 15.3 Å². The second-order valence-corrected chi connectivity index (χ2v) is 3.93. The van der Waals surface area contributed by atoms with Crippen LogP contribution in [0.4, 0.5) is 0 Å². The third-order valence-corrected chi connectivity index (χ3v) is 2.32. The molecule has 2 aromatic rings. The molecule has 4 nitrogen and oxygen atoms in total. The minimum Gasteiger partial charge on any atom is -0.872 e. The Kier molecular flexibility index (Phi) is 5.07. The molecule has 0 bridgehead atoms. The molecule has 2 rings (SSSR count). The van der Waals surface area contributed by atoms with Gasteiger partial charge in [0.05, 0.1) is 5.56 Å². The molecular formula is C13H12O4S. The first-order valence-electron chi connectivity index (χ1n) is 5.00. The van der Waals surface area contributed by atoms with Crippen LogP contribution in [0.25, 0.3) is 0 Å². The number of carboxylic acids is 1. The van der Waals surface area contributed by atoms with E-state index in [-0.39, 0.29) is 5.56 Å². The minimum atomic E-state index is -1.18. The summed E-state index contributed by atoms with van der Waals surface area (Å²) in [7, 11) is 0. The number of rotatable bonds is 1. The van der Waals surface area contributed by atoms with Gasteiger partial charge in [-0.05, 0) is 43.0 Å². The fourth-order valence-electron chi connectivity index (χ4n) is 1.10. The van der Waals surface area contributed by atoms with Crippen molar-refractivity contribution < 1.29 is 20.1 Å². The Balaban J connectivity index is 0.000000184. The monoisotopic (exact) mass is 264 g/mol. The van der Waals surface area contributed by atoms with Crippen molar-refractivity contribution in [2.75, 3.05) is 0 Å². The highest BCUT2D eigenvalue weighted by atomic mass is 32.1. The maximum Gasteiger partial charge on any atom is 0.335 e. The predicted molar refractivity (Wildman–Crippen MR) is 69.4 cm³/mol. The summed E-state index contributed by atoms with van der Waals surface area (Å²) in [5, 5.41) is 27.8. The summed E-state index contributed by atoms with van der Waals surface area (Å²) in [6.45, 7) is 0. The Morgan fingerprint density at radius 3 is 2.00 bits per heavy atom. The van der Waals surface area contributed by atoms with Crippen LogP contribution in [-0.4, -0.2) is 16.2 Å². The van der Waals surface area contributed by atoms with Crippen LogP contribution in [0.15, 0.2) is 53.4 Å². The van der Waals surface area contributed by atoms with Crippen molar-refractivity contribution in [3.05, 3.63) is 54.1 Å². The SMILES string of the molecule is O=C(O)c1ccccc1[O-].Oc1ccc([SH2+])cc1. The largest absolute Gasteiger partial charge is 0.872 e. The molecule has 0 heterocycles. The van der Waals surface area contributed by atoms with Crippen LogP contribution in [0, 0.1) is 0 Å². The summed E-state index contributed by atoms with van der Waals surface area (Å²) in [5.41, 5.74) is -0.178. The zero-order valence-corrected chi connectivity index (χ0v) is 10.3. The van der Waals surface area contributed by atoms with E-state index in [1.54, 1.807) is 24.3 Å². The average Bonchev–Trinajstić information content (AvgIpc) is 2.34. The average molecular weight is 264 g/mol. The Hall–Kier alpha value is -2.14. The lowest BCUT2D eigenvalue weighted by atomic mass is 10.2. The molecule has 0 aliphatic heterocycles. The molecule has 18 heavy (non-hydrogen) atoms. The van der Waals surface area contributed by atoms with E-state index < -0.39 is 11.7 Å². The molecule has 0 aromatic heterocycles.